The minimum atomic E-state index is -3.87. The van der Waals surface area contributed by atoms with Crippen LogP contribution in [-0.2, 0) is 10.0 Å². The van der Waals surface area contributed by atoms with Crippen LogP contribution in [0.2, 0.25) is 0 Å². The van der Waals surface area contributed by atoms with Gasteiger partial charge >= 0.3 is 0 Å². The number of hydrogen-bond donors (Lipinski definition) is 0. The monoisotopic (exact) mass is 466 g/mol. The van der Waals surface area contributed by atoms with Crippen molar-refractivity contribution in [3.63, 3.8) is 0 Å². The summed E-state index contributed by atoms with van der Waals surface area (Å²) in [5, 5.41) is 2.41. The van der Waals surface area contributed by atoms with Crippen LogP contribution in [0.1, 0.15) is 41.7 Å². The first-order valence-electron chi connectivity index (χ1n) is 10.5. The zero-order valence-electron chi connectivity index (χ0n) is 17.6. The van der Waals surface area contributed by atoms with Crippen LogP contribution >= 0.6 is 11.3 Å². The molecule has 7 nitrogen and oxygen atoms in total. The van der Waals surface area contributed by atoms with Crippen LogP contribution in [0.4, 0.5) is 16.5 Å². The first kappa shape index (κ1) is 20.8. The number of fused-ring (bicyclic) bond motifs is 3. The third-order valence-electron chi connectivity index (χ3n) is 5.61. The maximum Gasteiger partial charge on any atom is 0.286 e. The van der Waals surface area contributed by atoms with Crippen LogP contribution in [0.5, 0.6) is 0 Å². The van der Waals surface area contributed by atoms with E-state index in [0.29, 0.717) is 28.8 Å². The maximum absolute atomic E-state index is 13.6. The molecule has 32 heavy (non-hydrogen) atoms. The molecule has 2 aliphatic heterocycles. The van der Waals surface area contributed by atoms with E-state index in [4.69, 9.17) is 0 Å². The summed E-state index contributed by atoms with van der Waals surface area (Å²) >= 11 is 1.37. The Labute approximate surface area is 191 Å². The number of hydrogen-bond acceptors (Lipinski definition) is 6. The van der Waals surface area contributed by atoms with E-state index in [-0.39, 0.29) is 16.4 Å². The molecule has 2 aromatic carbocycles. The molecule has 0 spiro atoms. The Bertz CT molecular complexity index is 1320. The fourth-order valence-corrected chi connectivity index (χ4v) is 6.18. The molecule has 3 heterocycles. The van der Waals surface area contributed by atoms with Crippen molar-refractivity contribution in [1.82, 2.24) is 4.98 Å². The molecule has 3 aromatic rings. The highest BCUT2D eigenvalue weighted by molar-refractivity contribution is 7.90. The third kappa shape index (κ3) is 3.71. The summed E-state index contributed by atoms with van der Waals surface area (Å²) in [6.45, 7) is 2.60. The van der Waals surface area contributed by atoms with E-state index in [2.05, 4.69) is 9.38 Å². The summed E-state index contributed by atoms with van der Waals surface area (Å²) in [6, 6.07) is 14.1. The summed E-state index contributed by atoms with van der Waals surface area (Å²) in [6.07, 6.45) is 3.59. The normalized spacial score (nSPS) is 17.0. The van der Waals surface area contributed by atoms with E-state index in [1.807, 2.05) is 47.5 Å². The van der Waals surface area contributed by atoms with Gasteiger partial charge in [0, 0.05) is 23.9 Å². The highest BCUT2D eigenvalue weighted by Crippen LogP contribution is 2.36. The van der Waals surface area contributed by atoms with Crippen LogP contribution in [0.25, 0.3) is 0 Å². The summed E-state index contributed by atoms with van der Waals surface area (Å²) in [4.78, 5) is 21.7. The molecule has 0 saturated carbocycles. The number of rotatable bonds is 3. The lowest BCUT2D eigenvalue weighted by Gasteiger charge is -2.30. The fourth-order valence-electron chi connectivity index (χ4n) is 4.08. The number of carbonyl (C=O) groups excluding carboxylic acids is 1. The van der Waals surface area contributed by atoms with E-state index in [1.165, 1.54) is 22.3 Å². The molecule has 0 atom stereocenters. The van der Waals surface area contributed by atoms with Gasteiger partial charge in [0.1, 0.15) is 10.7 Å². The highest BCUT2D eigenvalue weighted by Gasteiger charge is 2.33. The summed E-state index contributed by atoms with van der Waals surface area (Å²) in [5.41, 5.74) is 2.36. The van der Waals surface area contributed by atoms with Gasteiger partial charge in [0.15, 0.2) is 5.13 Å². The first-order chi connectivity index (χ1) is 15.4. The van der Waals surface area contributed by atoms with Gasteiger partial charge in [-0.2, -0.15) is 8.42 Å². The van der Waals surface area contributed by atoms with Crippen molar-refractivity contribution in [3.05, 3.63) is 65.2 Å². The van der Waals surface area contributed by atoms with Crippen molar-refractivity contribution in [1.29, 1.82) is 0 Å². The molecule has 1 aromatic heterocycles. The average Bonchev–Trinajstić information content (AvgIpc) is 3.07. The second kappa shape index (κ2) is 8.14. The summed E-state index contributed by atoms with van der Waals surface area (Å²) in [5.74, 6) is 0.257. The van der Waals surface area contributed by atoms with E-state index in [0.717, 1.165) is 31.5 Å². The third-order valence-corrected chi connectivity index (χ3v) is 7.89. The topological polar surface area (TPSA) is 82.9 Å². The molecule has 0 radical (unpaired) electrons. The van der Waals surface area contributed by atoms with Crippen LogP contribution < -0.4 is 9.80 Å². The van der Waals surface area contributed by atoms with Gasteiger partial charge in [-0.1, -0.05) is 24.6 Å². The van der Waals surface area contributed by atoms with Crippen molar-refractivity contribution in [2.45, 2.75) is 37.5 Å². The Morgan fingerprint density at radius 3 is 2.66 bits per heavy atom. The van der Waals surface area contributed by atoms with Crippen molar-refractivity contribution >= 4 is 49.6 Å². The van der Waals surface area contributed by atoms with Gasteiger partial charge in [0.05, 0.1) is 17.1 Å². The number of anilines is 3. The van der Waals surface area contributed by atoms with Gasteiger partial charge < -0.3 is 4.90 Å². The van der Waals surface area contributed by atoms with Crippen molar-refractivity contribution in [3.8, 4) is 0 Å². The average molecular weight is 467 g/mol. The number of aryl methyl sites for hydroxylation is 1. The number of amidine groups is 1. The van der Waals surface area contributed by atoms with Crippen LogP contribution in [0.15, 0.2) is 63.2 Å². The van der Waals surface area contributed by atoms with Gasteiger partial charge in [-0.3, -0.25) is 9.69 Å². The van der Waals surface area contributed by atoms with Gasteiger partial charge in [-0.15, -0.1) is 15.7 Å². The predicted molar refractivity (Wildman–Crippen MR) is 127 cm³/mol. The number of sulfonamides is 1. The smallest absolute Gasteiger partial charge is 0.286 e. The quantitative estimate of drug-likeness (QED) is 0.548. The number of thiazole rings is 1. The fraction of sp³-hybridized carbons (Fsp3) is 0.261. The predicted octanol–water partition coefficient (Wildman–Crippen LogP) is 4.91. The van der Waals surface area contributed by atoms with E-state index >= 15 is 0 Å². The Morgan fingerprint density at radius 2 is 1.91 bits per heavy atom. The lowest BCUT2D eigenvalue weighted by molar-refractivity contribution is 0.0999. The molecule has 0 N–H and O–H groups in total. The number of nitrogens with zero attached hydrogens (tertiary/aromatic N) is 4. The molecule has 2 aliphatic rings. The molecule has 0 aliphatic carbocycles. The Balaban J connectivity index is 1.59. The number of para-hydroxylation sites is 1. The Hall–Kier alpha value is -3.04. The second-order valence-corrected chi connectivity index (χ2v) is 10.3. The number of carbonyl (C=O) groups is 1. The number of benzene rings is 2. The maximum atomic E-state index is 13.6. The van der Waals surface area contributed by atoms with E-state index < -0.39 is 10.0 Å². The number of amides is 1. The molecule has 164 valence electrons. The van der Waals surface area contributed by atoms with Gasteiger partial charge in [-0.25, -0.2) is 4.98 Å². The molecule has 9 heteroatoms. The van der Waals surface area contributed by atoms with Crippen molar-refractivity contribution < 1.29 is 13.2 Å². The van der Waals surface area contributed by atoms with Crippen LogP contribution in [-0.4, -0.2) is 31.7 Å². The molecule has 0 bridgehead atoms. The molecular formula is C23H22N4O3S2. The van der Waals surface area contributed by atoms with Gasteiger partial charge in [-0.05, 0) is 50.1 Å². The van der Waals surface area contributed by atoms with Crippen LogP contribution in [0, 0.1) is 6.92 Å². The lowest BCUT2D eigenvalue weighted by Crippen LogP contribution is -2.35. The molecule has 5 rings (SSSR count). The zero-order chi connectivity index (χ0) is 22.3. The zero-order valence-corrected chi connectivity index (χ0v) is 19.2. The first-order valence-corrected chi connectivity index (χ1v) is 12.8. The summed E-state index contributed by atoms with van der Waals surface area (Å²) < 4.78 is 30.0. The van der Waals surface area contributed by atoms with E-state index in [1.54, 1.807) is 12.1 Å². The summed E-state index contributed by atoms with van der Waals surface area (Å²) in [7, 11) is -3.87. The largest absolute Gasteiger partial charge is 0.328 e. The van der Waals surface area contributed by atoms with Crippen LogP contribution in [0.3, 0.4) is 0 Å². The lowest BCUT2D eigenvalue weighted by atomic mass is 10.1. The SMILES string of the molecule is Cc1csc(N(C(=O)c2ccc3c(c2)S(=O)(=O)N=C2CCCCCN23)c2ccccc2)n1. The minimum absolute atomic E-state index is 0.0809. The highest BCUT2D eigenvalue weighted by atomic mass is 32.2. The standard InChI is InChI=1S/C23H22N4O3S2/c1-16-15-31-23(24-16)27(18-8-4-2-5-9-18)22(28)17-11-12-19-20(14-17)32(29,30)25-21-10-6-3-7-13-26(19)21/h2,4-5,8-9,11-12,14-15H,3,6-7,10,13H2,1H3. The molecule has 1 amide bonds. The van der Waals surface area contributed by atoms with Crippen molar-refractivity contribution in [2.75, 3.05) is 16.3 Å². The second-order valence-electron chi connectivity index (χ2n) is 7.87. The number of aromatic nitrogens is 1. The molecule has 1 fully saturated rings. The van der Waals surface area contributed by atoms with Gasteiger partial charge in [0.2, 0.25) is 0 Å². The van der Waals surface area contributed by atoms with Gasteiger partial charge in [0.25, 0.3) is 15.9 Å². The molecular weight excluding hydrogens is 444 g/mol. The molecule has 1 saturated heterocycles. The van der Waals surface area contributed by atoms with E-state index in [9.17, 15) is 13.2 Å². The Morgan fingerprint density at radius 1 is 1.09 bits per heavy atom. The minimum Gasteiger partial charge on any atom is -0.328 e. The van der Waals surface area contributed by atoms with Crippen molar-refractivity contribution in [2.24, 2.45) is 4.40 Å². The Kier molecular flexibility index (Phi) is 5.30. The molecule has 0 unspecified atom stereocenters.